The van der Waals surface area contributed by atoms with E-state index in [2.05, 4.69) is 10.3 Å². The number of nitrogens with one attached hydrogen (secondary N) is 1. The highest BCUT2D eigenvalue weighted by Crippen LogP contribution is 2.29. The lowest BCUT2D eigenvalue weighted by Crippen LogP contribution is -2.23. The van der Waals surface area contributed by atoms with Gasteiger partial charge in [0.2, 0.25) is 0 Å². The van der Waals surface area contributed by atoms with Crippen LogP contribution in [0, 0.1) is 5.92 Å². The quantitative estimate of drug-likeness (QED) is 0.270. The highest BCUT2D eigenvalue weighted by Gasteiger charge is 2.20. The van der Waals surface area contributed by atoms with E-state index in [9.17, 15) is 0 Å². The molecule has 0 radical (unpaired) electrons. The second kappa shape index (κ2) is 10.5. The number of rotatable bonds is 9. The summed E-state index contributed by atoms with van der Waals surface area (Å²) in [6.45, 7) is 2.28. The number of methoxy groups -OCH3 is 2. The summed E-state index contributed by atoms with van der Waals surface area (Å²) in [6.07, 6.45) is 3.52. The van der Waals surface area contributed by atoms with Crippen molar-refractivity contribution in [2.45, 2.75) is 19.3 Å². The molecule has 0 atom stereocenters. The van der Waals surface area contributed by atoms with E-state index in [4.69, 9.17) is 19.9 Å². The number of hydrogen-bond acceptors (Lipinski definition) is 4. The lowest BCUT2D eigenvalue weighted by atomic mass is 10.3. The van der Waals surface area contributed by atoms with E-state index in [0.29, 0.717) is 24.0 Å². The largest absolute Gasteiger partial charge is 0.493 e. The summed E-state index contributed by atoms with van der Waals surface area (Å²) in [6, 6.07) is 5.50. The zero-order chi connectivity index (χ0) is 15.8. The van der Waals surface area contributed by atoms with Crippen molar-refractivity contribution >= 4 is 35.6 Å². The number of ether oxygens (including phenoxy) is 3. The molecule has 0 unspecified atom stereocenters. The fraction of sp³-hybridized carbons (Fsp3) is 0.562. The van der Waals surface area contributed by atoms with Crippen LogP contribution in [0.25, 0.3) is 0 Å². The predicted octanol–water partition coefficient (Wildman–Crippen LogP) is 2.87. The molecule has 23 heavy (non-hydrogen) atoms. The van der Waals surface area contributed by atoms with Gasteiger partial charge in [-0.1, -0.05) is 0 Å². The van der Waals surface area contributed by atoms with E-state index < -0.39 is 0 Å². The van der Waals surface area contributed by atoms with Gasteiger partial charge in [-0.2, -0.15) is 0 Å². The summed E-state index contributed by atoms with van der Waals surface area (Å²) in [4.78, 5) is 4.28. The second-order valence-electron chi connectivity index (χ2n) is 5.33. The van der Waals surface area contributed by atoms with E-state index in [-0.39, 0.29) is 24.0 Å². The van der Waals surface area contributed by atoms with Gasteiger partial charge in [-0.3, -0.25) is 4.99 Å². The van der Waals surface area contributed by atoms with Crippen molar-refractivity contribution in [1.29, 1.82) is 0 Å². The highest BCUT2D eigenvalue weighted by molar-refractivity contribution is 14.0. The first-order chi connectivity index (χ1) is 10.7. The Hall–Kier alpha value is -1.22. The average Bonchev–Trinajstić information content (AvgIpc) is 3.34. The van der Waals surface area contributed by atoms with Crippen LogP contribution in [0.4, 0.5) is 5.69 Å². The van der Waals surface area contributed by atoms with Crippen molar-refractivity contribution in [3.8, 4) is 11.5 Å². The van der Waals surface area contributed by atoms with E-state index in [0.717, 1.165) is 31.2 Å². The molecule has 1 fully saturated rings. The van der Waals surface area contributed by atoms with Crippen molar-refractivity contribution in [1.82, 2.24) is 0 Å². The van der Waals surface area contributed by atoms with Gasteiger partial charge >= 0.3 is 0 Å². The summed E-state index contributed by atoms with van der Waals surface area (Å²) in [7, 11) is 3.20. The van der Waals surface area contributed by atoms with Gasteiger partial charge in [0.15, 0.2) is 17.5 Å². The first kappa shape index (κ1) is 19.8. The predicted molar refractivity (Wildman–Crippen MR) is 103 cm³/mol. The van der Waals surface area contributed by atoms with Gasteiger partial charge < -0.3 is 25.3 Å². The topological polar surface area (TPSA) is 78.1 Å². The molecule has 0 saturated heterocycles. The minimum atomic E-state index is 0. The Balaban J connectivity index is 0.00000264. The minimum absolute atomic E-state index is 0. The Kier molecular flexibility index (Phi) is 9.08. The van der Waals surface area contributed by atoms with Gasteiger partial charge in [-0.25, -0.2) is 0 Å². The van der Waals surface area contributed by atoms with Crippen LogP contribution >= 0.6 is 24.0 Å². The van der Waals surface area contributed by atoms with Crippen molar-refractivity contribution in [2.75, 3.05) is 39.3 Å². The Bertz CT molecular complexity index is 507. The van der Waals surface area contributed by atoms with Crippen LogP contribution in [0.5, 0.6) is 11.5 Å². The van der Waals surface area contributed by atoms with Crippen molar-refractivity contribution < 1.29 is 14.2 Å². The molecule has 1 aliphatic rings. The maximum atomic E-state index is 5.87. The Morgan fingerprint density at radius 2 is 2.00 bits per heavy atom. The van der Waals surface area contributed by atoms with Crippen LogP contribution in [0.3, 0.4) is 0 Å². The standard InChI is InChI=1S/C16H25N3O3.HI/c1-20-14-7-6-13(10-15(14)21-2)19-16(17)18-8-3-9-22-11-12-4-5-12;/h6-7,10,12H,3-5,8-9,11H2,1-2H3,(H3,17,18,19);1H. The summed E-state index contributed by atoms with van der Waals surface area (Å²) in [5.74, 6) is 2.51. The van der Waals surface area contributed by atoms with Crippen LogP contribution in [0.2, 0.25) is 0 Å². The molecule has 1 aromatic carbocycles. The van der Waals surface area contributed by atoms with E-state index in [1.54, 1.807) is 14.2 Å². The summed E-state index contributed by atoms with van der Waals surface area (Å²) in [5.41, 5.74) is 6.68. The van der Waals surface area contributed by atoms with Gasteiger partial charge in [0.05, 0.1) is 14.2 Å². The van der Waals surface area contributed by atoms with Gasteiger partial charge in [-0.15, -0.1) is 24.0 Å². The molecule has 2 rings (SSSR count). The molecule has 0 bridgehead atoms. The van der Waals surface area contributed by atoms with Crippen LogP contribution in [-0.4, -0.2) is 39.9 Å². The zero-order valence-electron chi connectivity index (χ0n) is 13.7. The monoisotopic (exact) mass is 435 g/mol. The number of aliphatic imine (C=N–C) groups is 1. The summed E-state index contributed by atoms with van der Waals surface area (Å²) >= 11 is 0. The molecular formula is C16H26IN3O3. The number of benzene rings is 1. The molecule has 0 heterocycles. The molecule has 0 spiro atoms. The highest BCUT2D eigenvalue weighted by atomic mass is 127. The van der Waals surface area contributed by atoms with Gasteiger partial charge in [-0.05, 0) is 37.3 Å². The molecule has 7 heteroatoms. The van der Waals surface area contributed by atoms with Crippen molar-refractivity contribution in [3.63, 3.8) is 0 Å². The molecule has 3 N–H and O–H groups in total. The maximum Gasteiger partial charge on any atom is 0.193 e. The van der Waals surface area contributed by atoms with E-state index >= 15 is 0 Å². The van der Waals surface area contributed by atoms with E-state index in [1.807, 2.05) is 18.2 Å². The maximum absolute atomic E-state index is 5.87. The molecule has 1 aromatic rings. The number of halogens is 1. The minimum Gasteiger partial charge on any atom is -0.493 e. The van der Waals surface area contributed by atoms with Gasteiger partial charge in [0, 0.05) is 31.5 Å². The number of anilines is 1. The van der Waals surface area contributed by atoms with Crippen LogP contribution in [0.15, 0.2) is 23.2 Å². The molecule has 1 saturated carbocycles. The number of hydrogen-bond donors (Lipinski definition) is 2. The fourth-order valence-electron chi connectivity index (χ4n) is 2.00. The Labute approximate surface area is 154 Å². The third-order valence-corrected chi connectivity index (χ3v) is 3.44. The van der Waals surface area contributed by atoms with Gasteiger partial charge in [0.25, 0.3) is 0 Å². The Morgan fingerprint density at radius 3 is 2.65 bits per heavy atom. The SMILES string of the molecule is COc1ccc(NC(N)=NCCCOCC2CC2)cc1OC.I. The third-order valence-electron chi connectivity index (χ3n) is 3.44. The normalized spacial score (nSPS) is 14.1. The fourth-order valence-corrected chi connectivity index (χ4v) is 2.00. The number of nitrogens with two attached hydrogens (primary N) is 1. The molecule has 1 aliphatic carbocycles. The first-order valence-electron chi connectivity index (χ1n) is 7.59. The average molecular weight is 435 g/mol. The smallest absolute Gasteiger partial charge is 0.193 e. The lowest BCUT2D eigenvalue weighted by Gasteiger charge is -2.11. The zero-order valence-corrected chi connectivity index (χ0v) is 16.0. The summed E-state index contributed by atoms with van der Waals surface area (Å²) < 4.78 is 16.0. The molecule has 6 nitrogen and oxygen atoms in total. The molecule has 130 valence electrons. The van der Waals surface area contributed by atoms with Crippen LogP contribution < -0.4 is 20.5 Å². The van der Waals surface area contributed by atoms with Crippen molar-refractivity contribution in [3.05, 3.63) is 18.2 Å². The van der Waals surface area contributed by atoms with Crippen molar-refractivity contribution in [2.24, 2.45) is 16.6 Å². The molecule has 0 amide bonds. The van der Waals surface area contributed by atoms with Gasteiger partial charge in [0.1, 0.15) is 0 Å². The molecule has 0 aromatic heterocycles. The molecule has 0 aliphatic heterocycles. The first-order valence-corrected chi connectivity index (χ1v) is 7.59. The second-order valence-corrected chi connectivity index (χ2v) is 5.33. The molecular weight excluding hydrogens is 409 g/mol. The Morgan fingerprint density at radius 1 is 1.26 bits per heavy atom. The lowest BCUT2D eigenvalue weighted by molar-refractivity contribution is 0.123. The van der Waals surface area contributed by atoms with Crippen LogP contribution in [-0.2, 0) is 4.74 Å². The van der Waals surface area contributed by atoms with E-state index in [1.165, 1.54) is 12.8 Å². The summed E-state index contributed by atoms with van der Waals surface area (Å²) in [5, 5.41) is 3.04. The number of nitrogens with zero attached hydrogens (tertiary/aromatic N) is 1. The third kappa shape index (κ3) is 7.26. The van der Waals surface area contributed by atoms with Crippen LogP contribution in [0.1, 0.15) is 19.3 Å². The number of guanidine groups is 1.